The van der Waals surface area contributed by atoms with Crippen LogP contribution in [0.5, 0.6) is 0 Å². The lowest BCUT2D eigenvalue weighted by molar-refractivity contribution is 0.176. The summed E-state index contributed by atoms with van der Waals surface area (Å²) in [4.78, 5) is 4.13. The van der Waals surface area contributed by atoms with Gasteiger partial charge < -0.3 is 5.11 Å². The van der Waals surface area contributed by atoms with Gasteiger partial charge in [-0.3, -0.25) is 4.98 Å². The first-order valence-corrected chi connectivity index (χ1v) is 5.51. The van der Waals surface area contributed by atoms with Crippen LogP contribution in [0.1, 0.15) is 22.9 Å². The Morgan fingerprint density at radius 1 is 1.29 bits per heavy atom. The van der Waals surface area contributed by atoms with Crippen molar-refractivity contribution in [2.75, 3.05) is 0 Å². The average Bonchev–Trinajstić information content (AvgIpc) is 2.34. The summed E-state index contributed by atoms with van der Waals surface area (Å²) in [6.45, 7) is 1.70. The summed E-state index contributed by atoms with van der Waals surface area (Å²) in [6, 6.07) is 10.3. The van der Waals surface area contributed by atoms with Gasteiger partial charge in [-0.25, -0.2) is 4.39 Å². The quantitative estimate of drug-likeness (QED) is 0.881. The van der Waals surface area contributed by atoms with E-state index >= 15 is 0 Å². The molecule has 0 saturated carbocycles. The van der Waals surface area contributed by atoms with Gasteiger partial charge in [-0.1, -0.05) is 18.2 Å². The molecular formula is C14H14FNO. The normalized spacial score (nSPS) is 12.4. The van der Waals surface area contributed by atoms with E-state index in [2.05, 4.69) is 4.98 Å². The molecular weight excluding hydrogens is 217 g/mol. The Labute approximate surface area is 99.8 Å². The van der Waals surface area contributed by atoms with Crippen LogP contribution in [0, 0.1) is 12.7 Å². The van der Waals surface area contributed by atoms with Crippen molar-refractivity contribution >= 4 is 0 Å². The molecule has 1 aromatic carbocycles. The lowest BCUT2D eigenvalue weighted by Gasteiger charge is -2.11. The topological polar surface area (TPSA) is 33.1 Å². The highest BCUT2D eigenvalue weighted by atomic mass is 19.1. The van der Waals surface area contributed by atoms with E-state index in [9.17, 15) is 9.50 Å². The molecule has 0 aliphatic rings. The first kappa shape index (κ1) is 11.7. The first-order valence-electron chi connectivity index (χ1n) is 5.51. The predicted molar refractivity (Wildman–Crippen MR) is 64.0 cm³/mol. The van der Waals surface area contributed by atoms with E-state index in [1.807, 2.05) is 18.2 Å². The Hall–Kier alpha value is -1.74. The number of hydrogen-bond acceptors (Lipinski definition) is 2. The molecule has 2 nitrogen and oxygen atoms in total. The number of rotatable bonds is 3. The van der Waals surface area contributed by atoms with Crippen LogP contribution in [0.4, 0.5) is 4.39 Å². The molecule has 0 fully saturated rings. The Balaban J connectivity index is 2.14. The summed E-state index contributed by atoms with van der Waals surface area (Å²) in [5.41, 5.74) is 1.96. The van der Waals surface area contributed by atoms with E-state index in [0.29, 0.717) is 17.5 Å². The molecule has 0 aliphatic heterocycles. The van der Waals surface area contributed by atoms with Crippen molar-refractivity contribution < 1.29 is 9.50 Å². The molecule has 0 aliphatic carbocycles. The maximum Gasteiger partial charge on any atom is 0.126 e. The van der Waals surface area contributed by atoms with Crippen molar-refractivity contribution in [2.45, 2.75) is 19.4 Å². The van der Waals surface area contributed by atoms with Gasteiger partial charge in [0.1, 0.15) is 5.82 Å². The average molecular weight is 231 g/mol. The molecule has 2 aromatic rings. The molecule has 1 aromatic heterocycles. The third kappa shape index (κ3) is 2.88. The summed E-state index contributed by atoms with van der Waals surface area (Å²) in [5.74, 6) is -0.289. The first-order chi connectivity index (χ1) is 8.16. The Bertz CT molecular complexity index is 499. The number of pyridine rings is 1. The number of benzene rings is 1. The van der Waals surface area contributed by atoms with Crippen LogP contribution >= 0.6 is 0 Å². The molecule has 0 amide bonds. The molecule has 0 spiro atoms. The highest BCUT2D eigenvalue weighted by Gasteiger charge is 2.10. The number of nitrogens with zero attached hydrogens (tertiary/aromatic N) is 1. The second-order valence-corrected chi connectivity index (χ2v) is 4.05. The summed E-state index contributed by atoms with van der Waals surface area (Å²) >= 11 is 0. The van der Waals surface area contributed by atoms with E-state index in [-0.39, 0.29) is 5.82 Å². The van der Waals surface area contributed by atoms with Gasteiger partial charge in [-0.05, 0) is 36.2 Å². The standard InChI is InChI=1S/C14H14FNO/c1-10-5-6-11(8-13(10)15)14(17)9-12-4-2-3-7-16-12/h2-8,14,17H,9H2,1H3. The number of halogens is 1. The van der Waals surface area contributed by atoms with Crippen molar-refractivity contribution in [1.29, 1.82) is 0 Å². The third-order valence-corrected chi connectivity index (χ3v) is 2.71. The summed E-state index contributed by atoms with van der Waals surface area (Å²) in [5, 5.41) is 9.98. The minimum Gasteiger partial charge on any atom is -0.388 e. The largest absolute Gasteiger partial charge is 0.388 e. The van der Waals surface area contributed by atoms with Crippen molar-refractivity contribution in [2.24, 2.45) is 0 Å². The molecule has 2 rings (SSSR count). The molecule has 88 valence electrons. The van der Waals surface area contributed by atoms with Gasteiger partial charge in [-0.15, -0.1) is 0 Å². The fraction of sp³-hybridized carbons (Fsp3) is 0.214. The predicted octanol–water partition coefficient (Wildman–Crippen LogP) is 2.81. The van der Waals surface area contributed by atoms with Crippen LogP contribution in [0.15, 0.2) is 42.6 Å². The Morgan fingerprint density at radius 3 is 2.76 bits per heavy atom. The second kappa shape index (κ2) is 5.06. The van der Waals surface area contributed by atoms with E-state index in [0.717, 1.165) is 5.69 Å². The van der Waals surface area contributed by atoms with E-state index < -0.39 is 6.10 Å². The molecule has 3 heteroatoms. The lowest BCUT2D eigenvalue weighted by atomic mass is 10.0. The number of aryl methyl sites for hydroxylation is 1. The van der Waals surface area contributed by atoms with Crippen molar-refractivity contribution in [1.82, 2.24) is 4.98 Å². The summed E-state index contributed by atoms with van der Waals surface area (Å²) in [6.07, 6.45) is 1.35. The Morgan fingerprint density at radius 2 is 2.12 bits per heavy atom. The van der Waals surface area contributed by atoms with Crippen LogP contribution in [-0.4, -0.2) is 10.1 Å². The van der Waals surface area contributed by atoms with Crippen LogP contribution in [0.25, 0.3) is 0 Å². The molecule has 1 N–H and O–H groups in total. The number of aromatic nitrogens is 1. The fourth-order valence-corrected chi connectivity index (χ4v) is 1.65. The van der Waals surface area contributed by atoms with Crippen LogP contribution < -0.4 is 0 Å². The van der Waals surface area contributed by atoms with Crippen LogP contribution in [-0.2, 0) is 6.42 Å². The van der Waals surface area contributed by atoms with Crippen molar-refractivity contribution in [3.63, 3.8) is 0 Å². The van der Waals surface area contributed by atoms with E-state index in [4.69, 9.17) is 0 Å². The third-order valence-electron chi connectivity index (χ3n) is 2.71. The van der Waals surface area contributed by atoms with Gasteiger partial charge in [0.15, 0.2) is 0 Å². The lowest BCUT2D eigenvalue weighted by Crippen LogP contribution is -2.04. The van der Waals surface area contributed by atoms with Crippen molar-refractivity contribution in [3.05, 3.63) is 65.2 Å². The Kier molecular flexibility index (Phi) is 3.49. The van der Waals surface area contributed by atoms with Gasteiger partial charge in [0.25, 0.3) is 0 Å². The van der Waals surface area contributed by atoms with Crippen LogP contribution in [0.2, 0.25) is 0 Å². The smallest absolute Gasteiger partial charge is 0.126 e. The van der Waals surface area contributed by atoms with Gasteiger partial charge in [0, 0.05) is 18.3 Å². The number of aliphatic hydroxyl groups is 1. The van der Waals surface area contributed by atoms with Gasteiger partial charge in [-0.2, -0.15) is 0 Å². The zero-order valence-electron chi connectivity index (χ0n) is 9.60. The monoisotopic (exact) mass is 231 g/mol. The van der Waals surface area contributed by atoms with E-state index in [1.54, 1.807) is 25.3 Å². The molecule has 1 unspecified atom stereocenters. The zero-order chi connectivity index (χ0) is 12.3. The molecule has 1 atom stereocenters. The minimum absolute atomic E-state index is 0.289. The summed E-state index contributed by atoms with van der Waals surface area (Å²) in [7, 11) is 0. The van der Waals surface area contributed by atoms with E-state index in [1.165, 1.54) is 6.07 Å². The molecule has 17 heavy (non-hydrogen) atoms. The molecule has 0 radical (unpaired) electrons. The maximum absolute atomic E-state index is 13.4. The second-order valence-electron chi connectivity index (χ2n) is 4.05. The highest BCUT2D eigenvalue weighted by molar-refractivity contribution is 5.25. The van der Waals surface area contributed by atoms with Gasteiger partial charge in [0.05, 0.1) is 6.10 Å². The highest BCUT2D eigenvalue weighted by Crippen LogP contribution is 2.19. The van der Waals surface area contributed by atoms with Gasteiger partial charge in [0.2, 0.25) is 0 Å². The van der Waals surface area contributed by atoms with Gasteiger partial charge >= 0.3 is 0 Å². The maximum atomic E-state index is 13.4. The van der Waals surface area contributed by atoms with Crippen LogP contribution in [0.3, 0.4) is 0 Å². The number of hydrogen-bond donors (Lipinski definition) is 1. The SMILES string of the molecule is Cc1ccc(C(O)Cc2ccccn2)cc1F. The minimum atomic E-state index is -0.722. The van der Waals surface area contributed by atoms with Crippen molar-refractivity contribution in [3.8, 4) is 0 Å². The molecule has 0 bridgehead atoms. The molecule has 1 heterocycles. The number of aliphatic hydroxyl groups excluding tert-OH is 1. The summed E-state index contributed by atoms with van der Waals surface area (Å²) < 4.78 is 13.4. The zero-order valence-corrected chi connectivity index (χ0v) is 9.60. The fourth-order valence-electron chi connectivity index (χ4n) is 1.65. The molecule has 0 saturated heterocycles.